The third-order valence-corrected chi connectivity index (χ3v) is 3.66. The van der Waals surface area contributed by atoms with Crippen molar-refractivity contribution in [1.29, 1.82) is 0 Å². The molecule has 1 aromatic heterocycles. The van der Waals surface area contributed by atoms with Gasteiger partial charge in [0.15, 0.2) is 0 Å². The molecule has 0 fully saturated rings. The van der Waals surface area contributed by atoms with Crippen LogP contribution in [-0.2, 0) is 0 Å². The second-order valence-electron chi connectivity index (χ2n) is 5.31. The van der Waals surface area contributed by atoms with Gasteiger partial charge in [0.2, 0.25) is 5.96 Å². The van der Waals surface area contributed by atoms with Gasteiger partial charge in [-0.15, -0.1) is 5.10 Å². The highest BCUT2D eigenvalue weighted by Crippen LogP contribution is 2.23. The van der Waals surface area contributed by atoms with Crippen molar-refractivity contribution in [3.05, 3.63) is 71.9 Å². The average molecular weight is 319 g/mol. The topological polar surface area (TPSA) is 98.8 Å². The summed E-state index contributed by atoms with van der Waals surface area (Å²) in [6.07, 6.45) is 1.76. The molecule has 4 N–H and O–H groups in total. The van der Waals surface area contributed by atoms with Crippen LogP contribution in [0.5, 0.6) is 0 Å². The number of rotatable bonds is 3. The zero-order valence-corrected chi connectivity index (χ0v) is 13.2. The maximum Gasteiger partial charge on any atom is 0.262 e. The van der Waals surface area contributed by atoms with E-state index in [1.807, 2.05) is 42.5 Å². The molecule has 6 heteroatoms. The summed E-state index contributed by atoms with van der Waals surface area (Å²) >= 11 is 0. The van der Waals surface area contributed by atoms with E-state index in [0.717, 1.165) is 16.5 Å². The molecule has 0 bridgehead atoms. The van der Waals surface area contributed by atoms with Gasteiger partial charge in [0.05, 0.1) is 11.2 Å². The zero-order valence-electron chi connectivity index (χ0n) is 13.2. The van der Waals surface area contributed by atoms with Gasteiger partial charge in [-0.25, -0.2) is 0 Å². The van der Waals surface area contributed by atoms with Gasteiger partial charge in [-0.05, 0) is 25.1 Å². The van der Waals surface area contributed by atoms with Crippen molar-refractivity contribution in [2.24, 2.45) is 21.7 Å². The van der Waals surface area contributed by atoms with Crippen LogP contribution < -0.4 is 11.5 Å². The summed E-state index contributed by atoms with van der Waals surface area (Å²) in [4.78, 5) is 12.8. The largest absolute Gasteiger partial charge is 0.369 e. The fourth-order valence-electron chi connectivity index (χ4n) is 2.54. The Labute approximate surface area is 139 Å². The van der Waals surface area contributed by atoms with Crippen LogP contribution in [0.1, 0.15) is 22.8 Å². The monoisotopic (exact) mass is 319 g/mol. The van der Waals surface area contributed by atoms with Gasteiger partial charge in [0.25, 0.3) is 5.91 Å². The maximum absolute atomic E-state index is 12.8. The SMILES string of the molecule is CC(=NN=C(N)N)c1cn(C(=O)c2ccccc2)c2ccccc12. The van der Waals surface area contributed by atoms with E-state index in [0.29, 0.717) is 11.3 Å². The number of para-hydroxylation sites is 1. The van der Waals surface area contributed by atoms with E-state index >= 15 is 0 Å². The molecule has 0 radical (unpaired) electrons. The third-order valence-electron chi connectivity index (χ3n) is 3.66. The van der Waals surface area contributed by atoms with Crippen molar-refractivity contribution >= 4 is 28.5 Å². The predicted octanol–water partition coefficient (Wildman–Crippen LogP) is 2.33. The molecule has 0 unspecified atom stereocenters. The molecule has 24 heavy (non-hydrogen) atoms. The van der Waals surface area contributed by atoms with Crippen LogP contribution >= 0.6 is 0 Å². The highest BCUT2D eigenvalue weighted by atomic mass is 16.2. The van der Waals surface area contributed by atoms with Crippen LogP contribution in [0.25, 0.3) is 10.9 Å². The Balaban J connectivity index is 2.16. The smallest absolute Gasteiger partial charge is 0.262 e. The van der Waals surface area contributed by atoms with E-state index in [1.165, 1.54) is 0 Å². The molecule has 120 valence electrons. The molecule has 0 saturated heterocycles. The molecule has 0 saturated carbocycles. The fraction of sp³-hybridized carbons (Fsp3) is 0.0556. The molecule has 0 atom stereocenters. The summed E-state index contributed by atoms with van der Waals surface area (Å²) in [6.45, 7) is 1.80. The second-order valence-corrected chi connectivity index (χ2v) is 5.31. The summed E-state index contributed by atoms with van der Waals surface area (Å²) < 4.78 is 1.62. The number of benzene rings is 2. The molecule has 6 nitrogen and oxygen atoms in total. The lowest BCUT2D eigenvalue weighted by atomic mass is 10.1. The Hall–Kier alpha value is -3.41. The summed E-state index contributed by atoms with van der Waals surface area (Å²) in [5, 5.41) is 8.62. The van der Waals surface area contributed by atoms with Crippen molar-refractivity contribution in [3.63, 3.8) is 0 Å². The number of hydrogen-bond donors (Lipinski definition) is 2. The zero-order chi connectivity index (χ0) is 17.1. The van der Waals surface area contributed by atoms with E-state index in [4.69, 9.17) is 11.5 Å². The molecule has 3 rings (SSSR count). The molecule has 0 aliphatic heterocycles. The van der Waals surface area contributed by atoms with E-state index in [1.54, 1.807) is 29.8 Å². The average Bonchev–Trinajstić information content (AvgIpc) is 2.99. The fourth-order valence-corrected chi connectivity index (χ4v) is 2.54. The lowest BCUT2D eigenvalue weighted by Gasteiger charge is -2.03. The molecule has 0 aliphatic rings. The standard InChI is InChI=1S/C18H17N5O/c1-12(21-22-18(19)20)15-11-23(16-10-6-5-9-14(15)16)17(24)13-7-3-2-4-8-13/h2-11H,1H3,(H4,19,20,22). The molecular formula is C18H17N5O. The van der Waals surface area contributed by atoms with Crippen molar-refractivity contribution < 1.29 is 4.79 Å². The lowest BCUT2D eigenvalue weighted by Crippen LogP contribution is -2.22. The molecule has 0 amide bonds. The van der Waals surface area contributed by atoms with Crippen LogP contribution in [0, 0.1) is 0 Å². The van der Waals surface area contributed by atoms with Crippen molar-refractivity contribution in [2.75, 3.05) is 0 Å². The Morgan fingerprint density at radius 3 is 2.33 bits per heavy atom. The number of hydrogen-bond acceptors (Lipinski definition) is 3. The number of carbonyl (C=O) groups is 1. The minimum atomic E-state index is -0.113. The Morgan fingerprint density at radius 1 is 0.958 bits per heavy atom. The van der Waals surface area contributed by atoms with Gasteiger partial charge in [-0.2, -0.15) is 5.10 Å². The predicted molar refractivity (Wildman–Crippen MR) is 96.1 cm³/mol. The van der Waals surface area contributed by atoms with Crippen molar-refractivity contribution in [1.82, 2.24) is 4.57 Å². The number of guanidine groups is 1. The summed E-state index contributed by atoms with van der Waals surface area (Å²) in [6, 6.07) is 16.8. The summed E-state index contributed by atoms with van der Waals surface area (Å²) in [7, 11) is 0. The molecule has 3 aromatic rings. The second kappa shape index (κ2) is 6.37. The highest BCUT2D eigenvalue weighted by molar-refractivity contribution is 6.13. The lowest BCUT2D eigenvalue weighted by molar-refractivity contribution is 0.0965. The third kappa shape index (κ3) is 2.89. The van der Waals surface area contributed by atoms with Gasteiger partial charge < -0.3 is 11.5 Å². The van der Waals surface area contributed by atoms with E-state index in [-0.39, 0.29) is 11.9 Å². The summed E-state index contributed by atoms with van der Waals surface area (Å²) in [5.74, 6) is -0.217. The molecule has 0 aliphatic carbocycles. The van der Waals surface area contributed by atoms with Crippen LogP contribution in [0.15, 0.2) is 71.0 Å². The highest BCUT2D eigenvalue weighted by Gasteiger charge is 2.16. The van der Waals surface area contributed by atoms with Gasteiger partial charge in [-0.1, -0.05) is 36.4 Å². The number of nitrogens with two attached hydrogens (primary N) is 2. The van der Waals surface area contributed by atoms with Gasteiger partial charge in [-0.3, -0.25) is 9.36 Å². The summed E-state index contributed by atoms with van der Waals surface area (Å²) in [5.41, 5.74) is 13.5. The minimum absolute atomic E-state index is 0.104. The maximum atomic E-state index is 12.8. The van der Waals surface area contributed by atoms with Crippen LogP contribution in [0.3, 0.4) is 0 Å². The Bertz CT molecular complexity index is 950. The van der Waals surface area contributed by atoms with Gasteiger partial charge in [0.1, 0.15) is 0 Å². The van der Waals surface area contributed by atoms with Crippen molar-refractivity contribution in [2.45, 2.75) is 6.92 Å². The number of fused-ring (bicyclic) bond motifs is 1. The Morgan fingerprint density at radius 2 is 1.62 bits per heavy atom. The number of carbonyl (C=O) groups excluding carboxylic acids is 1. The van der Waals surface area contributed by atoms with Crippen LogP contribution in [0.4, 0.5) is 0 Å². The first-order valence-corrected chi connectivity index (χ1v) is 7.41. The first-order chi connectivity index (χ1) is 11.6. The number of aromatic nitrogens is 1. The van der Waals surface area contributed by atoms with Crippen LogP contribution in [-0.4, -0.2) is 22.1 Å². The van der Waals surface area contributed by atoms with E-state index in [2.05, 4.69) is 10.2 Å². The Kier molecular flexibility index (Phi) is 4.11. The van der Waals surface area contributed by atoms with Gasteiger partial charge >= 0.3 is 0 Å². The molecular weight excluding hydrogens is 302 g/mol. The van der Waals surface area contributed by atoms with Gasteiger partial charge in [0, 0.05) is 22.7 Å². The molecule has 1 heterocycles. The van der Waals surface area contributed by atoms with E-state index < -0.39 is 0 Å². The number of nitrogens with zero attached hydrogens (tertiary/aromatic N) is 3. The van der Waals surface area contributed by atoms with Crippen molar-refractivity contribution in [3.8, 4) is 0 Å². The normalized spacial score (nSPS) is 11.5. The van der Waals surface area contributed by atoms with Crippen LogP contribution in [0.2, 0.25) is 0 Å². The first kappa shape index (κ1) is 15.5. The molecule has 2 aromatic carbocycles. The minimum Gasteiger partial charge on any atom is -0.369 e. The molecule has 0 spiro atoms. The first-order valence-electron chi connectivity index (χ1n) is 7.41. The quantitative estimate of drug-likeness (QED) is 0.440. The van der Waals surface area contributed by atoms with E-state index in [9.17, 15) is 4.79 Å².